The minimum atomic E-state index is 0.190. The largest absolute Gasteiger partial charge is 0.375 e. The summed E-state index contributed by atoms with van der Waals surface area (Å²) in [5.74, 6) is 0.479. The number of amides is 1. The van der Waals surface area contributed by atoms with E-state index in [1.54, 1.807) is 0 Å². The molecular weight excluding hydrogens is 164 g/mol. The van der Waals surface area contributed by atoms with Crippen molar-refractivity contribution in [3.63, 3.8) is 0 Å². The lowest BCUT2D eigenvalue weighted by Gasteiger charge is -2.20. The third-order valence-electron chi connectivity index (χ3n) is 2.29. The van der Waals surface area contributed by atoms with Crippen LogP contribution in [0.15, 0.2) is 24.0 Å². The monoisotopic (exact) mass is 178 g/mol. The Kier molecular flexibility index (Phi) is 2.08. The molecule has 1 fully saturated rings. The maximum Gasteiger partial charge on any atom is 0.227 e. The number of hydrogen-bond donors (Lipinski definition) is 1. The van der Waals surface area contributed by atoms with Gasteiger partial charge in [-0.25, -0.2) is 0 Å². The lowest BCUT2D eigenvalue weighted by Crippen LogP contribution is -2.31. The standard InChI is InChI=1S/C10H14N2O/c1-12-6-2-3-9(7-12)11-10(13)8-4-5-8/h2-3,6,8H,4-5,7H2,1H3,(H,11,13). The Labute approximate surface area is 78.1 Å². The average molecular weight is 178 g/mol. The topological polar surface area (TPSA) is 32.3 Å². The van der Waals surface area contributed by atoms with Crippen molar-refractivity contribution in [3.05, 3.63) is 24.0 Å². The highest BCUT2D eigenvalue weighted by Crippen LogP contribution is 2.29. The summed E-state index contributed by atoms with van der Waals surface area (Å²) in [7, 11) is 1.99. The van der Waals surface area contributed by atoms with E-state index in [-0.39, 0.29) is 11.8 Å². The molecule has 2 rings (SSSR count). The van der Waals surface area contributed by atoms with E-state index >= 15 is 0 Å². The van der Waals surface area contributed by atoms with E-state index in [0.29, 0.717) is 0 Å². The lowest BCUT2D eigenvalue weighted by molar-refractivity contribution is -0.121. The summed E-state index contributed by atoms with van der Waals surface area (Å²) in [5.41, 5.74) is 1.00. The lowest BCUT2D eigenvalue weighted by atomic mass is 10.3. The van der Waals surface area contributed by atoms with E-state index in [1.165, 1.54) is 0 Å². The van der Waals surface area contributed by atoms with Crippen LogP contribution in [0.3, 0.4) is 0 Å². The molecule has 70 valence electrons. The maximum absolute atomic E-state index is 11.4. The first-order valence-electron chi connectivity index (χ1n) is 4.64. The van der Waals surface area contributed by atoms with Gasteiger partial charge in [-0.1, -0.05) is 0 Å². The van der Waals surface area contributed by atoms with E-state index in [0.717, 1.165) is 25.1 Å². The molecule has 1 N–H and O–H groups in total. The predicted octanol–water partition coefficient (Wildman–Crippen LogP) is 0.856. The van der Waals surface area contributed by atoms with Crippen LogP contribution < -0.4 is 5.32 Å². The van der Waals surface area contributed by atoms with Crippen molar-refractivity contribution in [3.8, 4) is 0 Å². The Hall–Kier alpha value is -1.25. The van der Waals surface area contributed by atoms with Crippen LogP contribution >= 0.6 is 0 Å². The fraction of sp³-hybridized carbons (Fsp3) is 0.500. The van der Waals surface area contributed by atoms with Gasteiger partial charge >= 0.3 is 0 Å². The highest BCUT2D eigenvalue weighted by atomic mass is 16.2. The first-order valence-corrected chi connectivity index (χ1v) is 4.64. The van der Waals surface area contributed by atoms with Gasteiger partial charge in [-0.15, -0.1) is 0 Å². The van der Waals surface area contributed by atoms with Crippen molar-refractivity contribution in [2.24, 2.45) is 5.92 Å². The Balaban J connectivity index is 1.90. The van der Waals surface area contributed by atoms with Crippen molar-refractivity contribution in [2.75, 3.05) is 13.6 Å². The van der Waals surface area contributed by atoms with Gasteiger partial charge in [0, 0.05) is 18.7 Å². The number of nitrogens with one attached hydrogen (secondary N) is 1. The summed E-state index contributed by atoms with van der Waals surface area (Å²) in [6.45, 7) is 0.801. The van der Waals surface area contributed by atoms with Crippen molar-refractivity contribution in [1.29, 1.82) is 0 Å². The quantitative estimate of drug-likeness (QED) is 0.680. The molecular formula is C10H14N2O. The van der Waals surface area contributed by atoms with Crippen LogP contribution in [0.2, 0.25) is 0 Å². The molecule has 13 heavy (non-hydrogen) atoms. The fourth-order valence-corrected chi connectivity index (χ4v) is 1.37. The number of rotatable bonds is 2. The number of allylic oxidation sites excluding steroid dienone is 2. The molecule has 1 heterocycles. The van der Waals surface area contributed by atoms with Gasteiger partial charge in [-0.2, -0.15) is 0 Å². The predicted molar refractivity (Wildman–Crippen MR) is 50.7 cm³/mol. The van der Waals surface area contributed by atoms with Crippen LogP contribution in [0.1, 0.15) is 12.8 Å². The Morgan fingerprint density at radius 3 is 3.00 bits per heavy atom. The molecule has 0 unspecified atom stereocenters. The summed E-state index contributed by atoms with van der Waals surface area (Å²) >= 11 is 0. The van der Waals surface area contributed by atoms with E-state index in [2.05, 4.69) is 5.32 Å². The molecule has 1 amide bonds. The van der Waals surface area contributed by atoms with Crippen LogP contribution in [0.4, 0.5) is 0 Å². The molecule has 0 aromatic heterocycles. The molecule has 1 aliphatic heterocycles. The second kappa shape index (κ2) is 3.24. The van der Waals surface area contributed by atoms with Gasteiger partial charge in [0.05, 0.1) is 6.54 Å². The highest BCUT2D eigenvalue weighted by Gasteiger charge is 2.29. The molecule has 0 aromatic carbocycles. The third kappa shape index (κ3) is 2.11. The van der Waals surface area contributed by atoms with Crippen LogP contribution in [0, 0.1) is 5.92 Å². The van der Waals surface area contributed by atoms with Crippen molar-refractivity contribution in [2.45, 2.75) is 12.8 Å². The van der Waals surface area contributed by atoms with Crippen LogP contribution in [-0.4, -0.2) is 24.4 Å². The first kappa shape index (κ1) is 8.35. The summed E-state index contributed by atoms with van der Waals surface area (Å²) in [4.78, 5) is 13.4. The summed E-state index contributed by atoms with van der Waals surface area (Å²) < 4.78 is 0. The smallest absolute Gasteiger partial charge is 0.227 e. The molecule has 3 nitrogen and oxygen atoms in total. The minimum Gasteiger partial charge on any atom is -0.375 e. The molecule has 0 atom stereocenters. The van der Waals surface area contributed by atoms with Gasteiger partial charge < -0.3 is 10.2 Å². The zero-order valence-corrected chi connectivity index (χ0v) is 7.79. The molecule has 0 radical (unpaired) electrons. The summed E-state index contributed by atoms with van der Waals surface area (Å²) in [6, 6.07) is 0. The van der Waals surface area contributed by atoms with Crippen molar-refractivity contribution < 1.29 is 4.79 Å². The number of carbonyl (C=O) groups excluding carboxylic acids is 1. The molecule has 1 aliphatic carbocycles. The van der Waals surface area contributed by atoms with Gasteiger partial charge in [-0.05, 0) is 31.2 Å². The van der Waals surface area contributed by atoms with Gasteiger partial charge in [0.25, 0.3) is 0 Å². The Bertz CT molecular complexity index is 277. The van der Waals surface area contributed by atoms with Gasteiger partial charge in [0.1, 0.15) is 0 Å². The van der Waals surface area contributed by atoms with E-state index in [9.17, 15) is 4.79 Å². The van der Waals surface area contributed by atoms with Crippen LogP contribution in [-0.2, 0) is 4.79 Å². The number of hydrogen-bond acceptors (Lipinski definition) is 2. The second-order valence-corrected chi connectivity index (χ2v) is 3.71. The Morgan fingerprint density at radius 1 is 1.62 bits per heavy atom. The highest BCUT2D eigenvalue weighted by molar-refractivity contribution is 5.82. The van der Waals surface area contributed by atoms with Gasteiger partial charge in [-0.3, -0.25) is 4.79 Å². The SMILES string of the molecule is CN1C=CC=C(NC(=O)C2CC2)C1. The molecule has 0 aromatic rings. The molecule has 0 bridgehead atoms. The number of carbonyl (C=O) groups is 1. The van der Waals surface area contributed by atoms with Crippen molar-refractivity contribution in [1.82, 2.24) is 10.2 Å². The number of nitrogens with zero attached hydrogens (tertiary/aromatic N) is 1. The zero-order chi connectivity index (χ0) is 9.26. The molecule has 2 aliphatic rings. The number of likely N-dealkylation sites (N-methyl/N-ethyl adjacent to an activating group) is 1. The molecule has 1 saturated carbocycles. The minimum absolute atomic E-state index is 0.190. The Morgan fingerprint density at radius 2 is 2.38 bits per heavy atom. The van der Waals surface area contributed by atoms with E-state index in [4.69, 9.17) is 0 Å². The van der Waals surface area contributed by atoms with Gasteiger partial charge in [0.2, 0.25) is 5.91 Å². The zero-order valence-electron chi connectivity index (χ0n) is 7.79. The van der Waals surface area contributed by atoms with E-state index in [1.807, 2.05) is 30.3 Å². The summed E-state index contributed by atoms with van der Waals surface area (Å²) in [6.07, 6.45) is 8.02. The molecule has 3 heteroatoms. The summed E-state index contributed by atoms with van der Waals surface area (Å²) in [5, 5.41) is 2.94. The van der Waals surface area contributed by atoms with Crippen molar-refractivity contribution >= 4 is 5.91 Å². The average Bonchev–Trinajstić information content (AvgIpc) is 2.85. The van der Waals surface area contributed by atoms with Crippen LogP contribution in [0.5, 0.6) is 0 Å². The third-order valence-corrected chi connectivity index (χ3v) is 2.29. The molecule has 0 spiro atoms. The molecule has 0 saturated heterocycles. The van der Waals surface area contributed by atoms with E-state index < -0.39 is 0 Å². The first-order chi connectivity index (χ1) is 6.25. The normalized spacial score (nSPS) is 21.3. The fourth-order valence-electron chi connectivity index (χ4n) is 1.37. The maximum atomic E-state index is 11.4. The van der Waals surface area contributed by atoms with Gasteiger partial charge in [0.15, 0.2) is 0 Å². The van der Waals surface area contributed by atoms with Crippen LogP contribution in [0.25, 0.3) is 0 Å². The second-order valence-electron chi connectivity index (χ2n) is 3.71.